The van der Waals surface area contributed by atoms with Crippen LogP contribution in [-0.2, 0) is 13.0 Å². The highest BCUT2D eigenvalue weighted by Gasteiger charge is 2.01. The first kappa shape index (κ1) is 12.5. The molecular weight excluding hydrogens is 229 g/mol. The van der Waals surface area contributed by atoms with Crippen molar-refractivity contribution in [2.75, 3.05) is 5.32 Å². The lowest BCUT2D eigenvalue weighted by atomic mass is 10.2. The van der Waals surface area contributed by atoms with Gasteiger partial charge in [0.2, 0.25) is 0 Å². The molecule has 0 atom stereocenters. The topological polar surface area (TPSA) is 37.8 Å². The van der Waals surface area contributed by atoms with Gasteiger partial charge in [0.25, 0.3) is 0 Å². The van der Waals surface area contributed by atoms with Gasteiger partial charge < -0.3 is 5.32 Å². The highest BCUT2D eigenvalue weighted by molar-refractivity contribution is 5.37. The van der Waals surface area contributed by atoms with E-state index < -0.39 is 0 Å². The molecule has 4 heteroatoms. The van der Waals surface area contributed by atoms with E-state index in [1.807, 2.05) is 26.0 Å². The predicted octanol–water partition coefficient (Wildman–Crippen LogP) is 3.10. The Bertz CT molecular complexity index is 540. The molecule has 3 nitrogen and oxygen atoms in total. The molecule has 1 aromatic heterocycles. The van der Waals surface area contributed by atoms with Gasteiger partial charge in [-0.3, -0.25) is 0 Å². The van der Waals surface area contributed by atoms with E-state index in [0.717, 1.165) is 29.3 Å². The molecule has 94 valence electrons. The van der Waals surface area contributed by atoms with Gasteiger partial charge >= 0.3 is 0 Å². The van der Waals surface area contributed by atoms with E-state index in [4.69, 9.17) is 0 Å². The lowest BCUT2D eigenvalue weighted by Gasteiger charge is -2.08. The molecule has 18 heavy (non-hydrogen) atoms. The quantitative estimate of drug-likeness (QED) is 0.899. The Kier molecular flexibility index (Phi) is 3.87. The molecule has 0 bridgehead atoms. The predicted molar refractivity (Wildman–Crippen MR) is 69.9 cm³/mol. The Balaban J connectivity index is 2.08. The molecule has 1 N–H and O–H groups in total. The van der Waals surface area contributed by atoms with Crippen molar-refractivity contribution in [2.24, 2.45) is 0 Å². The van der Waals surface area contributed by atoms with Gasteiger partial charge in [0.15, 0.2) is 0 Å². The van der Waals surface area contributed by atoms with E-state index in [-0.39, 0.29) is 5.82 Å². The Labute approximate surface area is 106 Å². The van der Waals surface area contributed by atoms with Crippen LogP contribution in [0.5, 0.6) is 0 Å². The van der Waals surface area contributed by atoms with Gasteiger partial charge in [-0.05, 0) is 24.6 Å². The zero-order chi connectivity index (χ0) is 13.0. The maximum absolute atomic E-state index is 13.0. The summed E-state index contributed by atoms with van der Waals surface area (Å²) in [4.78, 5) is 8.68. The molecule has 0 unspecified atom stereocenters. The van der Waals surface area contributed by atoms with Crippen LogP contribution in [-0.4, -0.2) is 9.97 Å². The third-order valence-corrected chi connectivity index (χ3v) is 2.58. The minimum atomic E-state index is -0.220. The summed E-state index contributed by atoms with van der Waals surface area (Å²) < 4.78 is 13.0. The highest BCUT2D eigenvalue weighted by atomic mass is 19.1. The summed E-state index contributed by atoms with van der Waals surface area (Å²) in [6.45, 7) is 4.51. The van der Waals surface area contributed by atoms with E-state index in [2.05, 4.69) is 15.3 Å². The van der Waals surface area contributed by atoms with Crippen molar-refractivity contribution >= 4 is 5.82 Å². The second kappa shape index (κ2) is 5.58. The summed E-state index contributed by atoms with van der Waals surface area (Å²) in [6, 6.07) is 8.42. The third-order valence-electron chi connectivity index (χ3n) is 2.58. The fraction of sp³-hybridized carbons (Fsp3) is 0.286. The molecule has 0 saturated heterocycles. The number of halogens is 1. The monoisotopic (exact) mass is 245 g/mol. The van der Waals surface area contributed by atoms with Gasteiger partial charge in [0.1, 0.15) is 17.5 Å². The number of hydrogen-bond acceptors (Lipinski definition) is 3. The largest absolute Gasteiger partial charge is 0.366 e. The normalized spacial score (nSPS) is 10.4. The summed E-state index contributed by atoms with van der Waals surface area (Å²) in [5, 5.41) is 3.19. The molecule has 1 aromatic carbocycles. The van der Waals surface area contributed by atoms with E-state index in [0.29, 0.717) is 6.54 Å². The Hall–Kier alpha value is -1.97. The lowest BCUT2D eigenvalue weighted by molar-refractivity contribution is 0.626. The van der Waals surface area contributed by atoms with Gasteiger partial charge in [-0.15, -0.1) is 0 Å². The van der Waals surface area contributed by atoms with Crippen molar-refractivity contribution in [1.82, 2.24) is 9.97 Å². The molecule has 0 aliphatic carbocycles. The van der Waals surface area contributed by atoms with Crippen LogP contribution in [0.25, 0.3) is 0 Å². The van der Waals surface area contributed by atoms with Crippen molar-refractivity contribution in [2.45, 2.75) is 26.8 Å². The Morgan fingerprint density at radius 3 is 2.78 bits per heavy atom. The van der Waals surface area contributed by atoms with Crippen LogP contribution in [0.15, 0.2) is 30.3 Å². The third kappa shape index (κ3) is 3.26. The summed E-state index contributed by atoms with van der Waals surface area (Å²) in [5.74, 6) is 1.38. The number of aromatic nitrogens is 2. The average molecular weight is 245 g/mol. The van der Waals surface area contributed by atoms with Crippen LogP contribution >= 0.6 is 0 Å². The second-order valence-corrected chi connectivity index (χ2v) is 4.15. The van der Waals surface area contributed by atoms with Gasteiger partial charge in [-0.2, -0.15) is 0 Å². The highest BCUT2D eigenvalue weighted by Crippen LogP contribution is 2.10. The van der Waals surface area contributed by atoms with Gasteiger partial charge in [0, 0.05) is 24.7 Å². The minimum Gasteiger partial charge on any atom is -0.366 e. The van der Waals surface area contributed by atoms with Crippen molar-refractivity contribution in [1.29, 1.82) is 0 Å². The first-order valence-corrected chi connectivity index (χ1v) is 6.00. The van der Waals surface area contributed by atoms with Crippen LogP contribution in [0.1, 0.15) is 24.0 Å². The molecule has 0 saturated carbocycles. The van der Waals surface area contributed by atoms with Crippen molar-refractivity contribution in [3.8, 4) is 0 Å². The second-order valence-electron chi connectivity index (χ2n) is 4.15. The van der Waals surface area contributed by atoms with Gasteiger partial charge in [-0.1, -0.05) is 19.1 Å². The van der Waals surface area contributed by atoms with Crippen molar-refractivity contribution in [3.63, 3.8) is 0 Å². The molecule has 0 spiro atoms. The lowest BCUT2D eigenvalue weighted by Crippen LogP contribution is -2.05. The molecule has 0 radical (unpaired) electrons. The molecule has 2 rings (SSSR count). The maximum Gasteiger partial charge on any atom is 0.130 e. The number of hydrogen-bond donors (Lipinski definition) is 1. The molecule has 2 aromatic rings. The molecule has 0 aliphatic rings. The van der Waals surface area contributed by atoms with E-state index in [9.17, 15) is 4.39 Å². The van der Waals surface area contributed by atoms with Crippen LogP contribution in [0.2, 0.25) is 0 Å². The smallest absolute Gasteiger partial charge is 0.130 e. The van der Waals surface area contributed by atoms with Crippen LogP contribution in [0.3, 0.4) is 0 Å². The molecule has 0 amide bonds. The maximum atomic E-state index is 13.0. The van der Waals surface area contributed by atoms with E-state index in [1.165, 1.54) is 12.1 Å². The fourth-order valence-corrected chi connectivity index (χ4v) is 1.72. The first-order chi connectivity index (χ1) is 8.67. The van der Waals surface area contributed by atoms with Crippen molar-refractivity contribution in [3.05, 3.63) is 53.2 Å². The summed E-state index contributed by atoms with van der Waals surface area (Å²) in [7, 11) is 0. The first-order valence-electron chi connectivity index (χ1n) is 6.00. The van der Waals surface area contributed by atoms with E-state index in [1.54, 1.807) is 6.07 Å². The number of rotatable bonds is 4. The van der Waals surface area contributed by atoms with E-state index >= 15 is 0 Å². The molecule has 0 fully saturated rings. The van der Waals surface area contributed by atoms with Crippen molar-refractivity contribution < 1.29 is 4.39 Å². The summed E-state index contributed by atoms with van der Waals surface area (Å²) in [5.41, 5.74) is 1.83. The van der Waals surface area contributed by atoms with Crippen LogP contribution in [0, 0.1) is 12.7 Å². The number of anilines is 1. The molecular formula is C14H16FN3. The summed E-state index contributed by atoms with van der Waals surface area (Å²) in [6.07, 6.45) is 0.802. The van der Waals surface area contributed by atoms with Crippen LogP contribution < -0.4 is 5.32 Å². The number of aryl methyl sites for hydroxylation is 2. The minimum absolute atomic E-state index is 0.220. The van der Waals surface area contributed by atoms with Gasteiger partial charge in [-0.25, -0.2) is 14.4 Å². The summed E-state index contributed by atoms with van der Waals surface area (Å²) >= 11 is 0. The fourth-order valence-electron chi connectivity index (χ4n) is 1.72. The molecule has 1 heterocycles. The standard InChI is InChI=1S/C14H16FN3/c1-3-13-17-10(2)7-14(18-13)16-9-11-5-4-6-12(15)8-11/h4-8H,3,9H2,1-2H3,(H,16,17,18). The number of nitrogens with one attached hydrogen (secondary N) is 1. The zero-order valence-electron chi connectivity index (χ0n) is 10.6. The van der Waals surface area contributed by atoms with Crippen LogP contribution in [0.4, 0.5) is 10.2 Å². The molecule has 0 aliphatic heterocycles. The number of nitrogens with zero attached hydrogens (tertiary/aromatic N) is 2. The Morgan fingerprint density at radius 1 is 1.22 bits per heavy atom. The number of benzene rings is 1. The average Bonchev–Trinajstić information content (AvgIpc) is 2.36. The SMILES string of the molecule is CCc1nc(C)cc(NCc2cccc(F)c2)n1. The Morgan fingerprint density at radius 2 is 2.06 bits per heavy atom. The van der Waals surface area contributed by atoms with Gasteiger partial charge in [0.05, 0.1) is 0 Å². The zero-order valence-corrected chi connectivity index (χ0v) is 10.6.